The van der Waals surface area contributed by atoms with Crippen LogP contribution >= 0.6 is 0 Å². The first-order valence-corrected chi connectivity index (χ1v) is 8.76. The van der Waals surface area contributed by atoms with E-state index in [1.807, 2.05) is 33.0 Å². The molecule has 0 atom stereocenters. The number of hydrogen-bond acceptors (Lipinski definition) is 5. The summed E-state index contributed by atoms with van der Waals surface area (Å²) in [6, 6.07) is 8.79. The number of carbonyl (C=O) groups is 2. The molecule has 0 aliphatic rings. The zero-order chi connectivity index (χ0) is 20.4. The van der Waals surface area contributed by atoms with Gasteiger partial charge in [-0.2, -0.15) is 5.10 Å². The van der Waals surface area contributed by atoms with E-state index >= 15 is 0 Å². The number of amides is 1. The zero-order valence-corrected chi connectivity index (χ0v) is 16.3. The Morgan fingerprint density at radius 3 is 2.54 bits per heavy atom. The number of aryl methyl sites for hydroxylation is 3. The van der Waals surface area contributed by atoms with E-state index in [1.165, 1.54) is 0 Å². The lowest BCUT2D eigenvalue weighted by Crippen LogP contribution is -2.26. The zero-order valence-electron chi connectivity index (χ0n) is 16.3. The number of hydrogen-bond donors (Lipinski definition) is 1. The van der Waals surface area contributed by atoms with E-state index in [1.54, 1.807) is 34.8 Å². The summed E-state index contributed by atoms with van der Waals surface area (Å²) in [7, 11) is 3.55. The molecule has 3 aromatic rings. The van der Waals surface area contributed by atoms with Crippen LogP contribution in [-0.2, 0) is 18.4 Å². The summed E-state index contributed by atoms with van der Waals surface area (Å²) in [5, 5.41) is 13.8. The average Bonchev–Trinajstić information content (AvgIpc) is 2.93. The molecule has 8 nitrogen and oxygen atoms in total. The average molecular weight is 382 g/mol. The number of benzene rings is 1. The van der Waals surface area contributed by atoms with Crippen LogP contribution in [0.5, 0.6) is 5.75 Å². The highest BCUT2D eigenvalue weighted by Gasteiger charge is 2.20. The van der Waals surface area contributed by atoms with Gasteiger partial charge in [0, 0.05) is 26.3 Å². The van der Waals surface area contributed by atoms with Crippen LogP contribution < -0.4 is 4.74 Å². The molecule has 0 bridgehead atoms. The van der Waals surface area contributed by atoms with E-state index < -0.39 is 5.97 Å². The number of rotatable bonds is 6. The molecule has 1 amide bonds. The Bertz CT molecular complexity index is 1040. The number of nitrogens with zero attached hydrogens (tertiary/aromatic N) is 4. The standard InChI is InChI=1S/C20H22N4O4/c1-12-9-16(18-13(2)22-24(4)19(18)21-12)20(27)23(3)10-14-5-7-15(8-6-14)28-11-17(25)26/h5-9H,10-11H2,1-4H3,(H,25,26). The lowest BCUT2D eigenvalue weighted by molar-refractivity contribution is -0.139. The normalized spacial score (nSPS) is 10.9. The van der Waals surface area contributed by atoms with Gasteiger partial charge in [0.15, 0.2) is 12.3 Å². The van der Waals surface area contributed by atoms with Crippen LogP contribution in [0.15, 0.2) is 30.3 Å². The molecule has 28 heavy (non-hydrogen) atoms. The van der Waals surface area contributed by atoms with Crippen LogP contribution in [0.4, 0.5) is 0 Å². The van der Waals surface area contributed by atoms with Crippen molar-refractivity contribution >= 4 is 22.9 Å². The highest BCUT2D eigenvalue weighted by Crippen LogP contribution is 2.23. The first-order chi connectivity index (χ1) is 13.3. The number of aromatic nitrogens is 3. The molecule has 1 N–H and O–H groups in total. The Morgan fingerprint density at radius 2 is 1.89 bits per heavy atom. The van der Waals surface area contributed by atoms with Crippen molar-refractivity contribution in [1.29, 1.82) is 0 Å². The van der Waals surface area contributed by atoms with Crippen LogP contribution in [0.1, 0.15) is 27.3 Å². The second kappa shape index (κ2) is 7.67. The molecule has 1 aromatic carbocycles. The molecular weight excluding hydrogens is 360 g/mol. The van der Waals surface area contributed by atoms with Gasteiger partial charge in [-0.3, -0.25) is 9.48 Å². The fourth-order valence-electron chi connectivity index (χ4n) is 3.13. The molecule has 3 rings (SSSR count). The third-order valence-corrected chi connectivity index (χ3v) is 4.38. The minimum Gasteiger partial charge on any atom is -0.482 e. The van der Waals surface area contributed by atoms with Crippen LogP contribution in [0, 0.1) is 13.8 Å². The number of carboxylic acid groups (broad SMARTS) is 1. The molecule has 2 aromatic heterocycles. The lowest BCUT2D eigenvalue weighted by Gasteiger charge is -2.18. The van der Waals surface area contributed by atoms with Crippen molar-refractivity contribution in [2.45, 2.75) is 20.4 Å². The first kappa shape index (κ1) is 19.3. The highest BCUT2D eigenvalue weighted by atomic mass is 16.5. The van der Waals surface area contributed by atoms with E-state index in [0.717, 1.165) is 22.3 Å². The molecule has 146 valence electrons. The van der Waals surface area contributed by atoms with Gasteiger partial charge in [-0.25, -0.2) is 9.78 Å². The Kier molecular flexibility index (Phi) is 5.30. The molecule has 0 aliphatic heterocycles. The predicted octanol–water partition coefficient (Wildman–Crippen LogP) is 2.32. The number of fused-ring (bicyclic) bond motifs is 1. The summed E-state index contributed by atoms with van der Waals surface area (Å²) in [6.07, 6.45) is 0. The van der Waals surface area contributed by atoms with Gasteiger partial charge < -0.3 is 14.7 Å². The van der Waals surface area contributed by atoms with Gasteiger partial charge in [-0.15, -0.1) is 0 Å². The topological polar surface area (TPSA) is 97.5 Å². The van der Waals surface area contributed by atoms with E-state index in [0.29, 0.717) is 23.5 Å². The smallest absolute Gasteiger partial charge is 0.341 e. The van der Waals surface area contributed by atoms with Crippen molar-refractivity contribution < 1.29 is 19.4 Å². The molecule has 0 saturated heterocycles. The summed E-state index contributed by atoms with van der Waals surface area (Å²) >= 11 is 0. The molecule has 0 radical (unpaired) electrons. The molecule has 8 heteroatoms. The predicted molar refractivity (Wildman–Crippen MR) is 103 cm³/mol. The molecule has 0 aliphatic carbocycles. The van der Waals surface area contributed by atoms with Gasteiger partial charge in [0.25, 0.3) is 5.91 Å². The maximum absolute atomic E-state index is 13.1. The van der Waals surface area contributed by atoms with Crippen molar-refractivity contribution in [3.8, 4) is 5.75 Å². The monoisotopic (exact) mass is 382 g/mol. The minimum absolute atomic E-state index is 0.113. The van der Waals surface area contributed by atoms with Crippen molar-refractivity contribution in [3.05, 3.63) is 52.8 Å². The fraction of sp³-hybridized carbons (Fsp3) is 0.300. The summed E-state index contributed by atoms with van der Waals surface area (Å²) < 4.78 is 6.81. The maximum atomic E-state index is 13.1. The third kappa shape index (κ3) is 3.95. The van der Waals surface area contributed by atoms with Gasteiger partial charge >= 0.3 is 5.97 Å². The van der Waals surface area contributed by atoms with Crippen molar-refractivity contribution in [3.63, 3.8) is 0 Å². The fourth-order valence-corrected chi connectivity index (χ4v) is 3.13. The van der Waals surface area contributed by atoms with E-state index in [-0.39, 0.29) is 12.5 Å². The van der Waals surface area contributed by atoms with Crippen molar-refractivity contribution in [2.75, 3.05) is 13.7 Å². The Labute approximate surface area is 162 Å². The van der Waals surface area contributed by atoms with Crippen LogP contribution in [0.2, 0.25) is 0 Å². The van der Waals surface area contributed by atoms with Crippen LogP contribution in [0.25, 0.3) is 11.0 Å². The van der Waals surface area contributed by atoms with Gasteiger partial charge in [-0.05, 0) is 37.6 Å². The number of pyridine rings is 1. The Balaban J connectivity index is 1.80. The van der Waals surface area contributed by atoms with E-state index in [2.05, 4.69) is 10.1 Å². The number of carboxylic acids is 1. The van der Waals surface area contributed by atoms with Gasteiger partial charge in [-0.1, -0.05) is 12.1 Å². The largest absolute Gasteiger partial charge is 0.482 e. The summed E-state index contributed by atoms with van der Waals surface area (Å²) in [5.74, 6) is -0.672. The first-order valence-electron chi connectivity index (χ1n) is 8.76. The maximum Gasteiger partial charge on any atom is 0.341 e. The second-order valence-electron chi connectivity index (χ2n) is 6.71. The van der Waals surface area contributed by atoms with Gasteiger partial charge in [0.1, 0.15) is 5.75 Å². The van der Waals surface area contributed by atoms with Gasteiger partial charge in [0.2, 0.25) is 0 Å². The number of carbonyl (C=O) groups excluding carboxylic acids is 1. The SMILES string of the molecule is Cc1cc(C(=O)N(C)Cc2ccc(OCC(=O)O)cc2)c2c(C)nn(C)c2n1. The van der Waals surface area contributed by atoms with Crippen molar-refractivity contribution in [2.24, 2.45) is 7.05 Å². The molecule has 0 unspecified atom stereocenters. The third-order valence-electron chi connectivity index (χ3n) is 4.38. The Morgan fingerprint density at radius 1 is 1.21 bits per heavy atom. The lowest BCUT2D eigenvalue weighted by atomic mass is 10.1. The van der Waals surface area contributed by atoms with Crippen LogP contribution in [-0.4, -0.2) is 50.3 Å². The molecule has 0 saturated carbocycles. The number of ether oxygens (including phenoxy) is 1. The van der Waals surface area contributed by atoms with Crippen molar-refractivity contribution in [1.82, 2.24) is 19.7 Å². The highest BCUT2D eigenvalue weighted by molar-refractivity contribution is 6.06. The van der Waals surface area contributed by atoms with Crippen LogP contribution in [0.3, 0.4) is 0 Å². The quantitative estimate of drug-likeness (QED) is 0.703. The minimum atomic E-state index is -1.03. The summed E-state index contributed by atoms with van der Waals surface area (Å²) in [5.41, 5.74) is 3.70. The second-order valence-corrected chi connectivity index (χ2v) is 6.71. The van der Waals surface area contributed by atoms with E-state index in [9.17, 15) is 9.59 Å². The number of aliphatic carboxylic acids is 1. The Hall–Kier alpha value is -3.42. The summed E-state index contributed by atoms with van der Waals surface area (Å²) in [4.78, 5) is 29.8. The summed E-state index contributed by atoms with van der Waals surface area (Å²) in [6.45, 7) is 3.74. The molecular formula is C20H22N4O4. The molecule has 2 heterocycles. The van der Waals surface area contributed by atoms with Gasteiger partial charge in [0.05, 0.1) is 16.6 Å². The molecule has 0 spiro atoms. The molecule has 0 fully saturated rings. The van der Waals surface area contributed by atoms with E-state index in [4.69, 9.17) is 9.84 Å².